The van der Waals surface area contributed by atoms with Gasteiger partial charge in [0.1, 0.15) is 18.1 Å². The fourth-order valence-electron chi connectivity index (χ4n) is 3.09. The van der Waals surface area contributed by atoms with Crippen molar-refractivity contribution in [1.82, 2.24) is 16.0 Å². The number of carboxylic acid groups (broad SMARTS) is 1. The van der Waals surface area contributed by atoms with Gasteiger partial charge in [-0.05, 0) is 56.6 Å². The first kappa shape index (κ1) is 31.6. The Morgan fingerprint density at radius 3 is 1.94 bits per heavy atom. The number of unbranched alkanes of at least 4 members (excludes halogenated alkanes) is 1. The van der Waals surface area contributed by atoms with Crippen molar-refractivity contribution < 1.29 is 29.1 Å². The Labute approximate surface area is 204 Å². The third-order valence-electron chi connectivity index (χ3n) is 4.90. The molecule has 0 fully saturated rings. The number of nitrogens with one attached hydrogen (secondary N) is 3. The summed E-state index contributed by atoms with van der Waals surface area (Å²) in [4.78, 5) is 60.8. The van der Waals surface area contributed by atoms with Gasteiger partial charge in [0, 0.05) is 0 Å². The molecule has 12 nitrogen and oxygen atoms in total. The number of carbonyl (C=O) groups excluding carboxylic acids is 4. The molecule has 0 bridgehead atoms. The third-order valence-corrected chi connectivity index (χ3v) is 5.55. The number of nitrogens with two attached hydrogens (primary N) is 3. The molecule has 0 radical (unpaired) electrons. The van der Waals surface area contributed by atoms with Gasteiger partial charge in [-0.1, -0.05) is 13.8 Å². The van der Waals surface area contributed by atoms with E-state index in [9.17, 15) is 29.1 Å². The van der Waals surface area contributed by atoms with E-state index in [4.69, 9.17) is 17.2 Å². The summed E-state index contributed by atoms with van der Waals surface area (Å²) in [7, 11) is 0. The molecule has 0 saturated carbocycles. The van der Waals surface area contributed by atoms with Gasteiger partial charge in [0.2, 0.25) is 23.6 Å². The average Bonchev–Trinajstić information content (AvgIpc) is 2.74. The van der Waals surface area contributed by atoms with Crippen molar-refractivity contribution in [1.29, 1.82) is 0 Å². The lowest BCUT2D eigenvalue weighted by Gasteiger charge is -2.26. The van der Waals surface area contributed by atoms with E-state index in [-0.39, 0.29) is 31.6 Å². The van der Waals surface area contributed by atoms with Gasteiger partial charge in [0.05, 0.1) is 12.5 Å². The van der Waals surface area contributed by atoms with Crippen LogP contribution in [-0.4, -0.2) is 77.4 Å². The number of hydrogen-bond donors (Lipinski definition) is 7. The number of carboxylic acids is 1. The molecule has 0 aromatic carbocycles. The van der Waals surface area contributed by atoms with Crippen LogP contribution in [0.4, 0.5) is 0 Å². The highest BCUT2D eigenvalue weighted by Gasteiger charge is 2.30. The van der Waals surface area contributed by atoms with E-state index in [0.717, 1.165) is 0 Å². The smallest absolute Gasteiger partial charge is 0.326 e. The lowest BCUT2D eigenvalue weighted by Crippen LogP contribution is -2.57. The average molecular weight is 505 g/mol. The van der Waals surface area contributed by atoms with Crippen molar-refractivity contribution in [3.05, 3.63) is 0 Å². The van der Waals surface area contributed by atoms with Crippen LogP contribution in [0.25, 0.3) is 0 Å². The normalized spacial score (nSPS) is 14.5. The van der Waals surface area contributed by atoms with E-state index >= 15 is 0 Å². The minimum Gasteiger partial charge on any atom is -0.480 e. The molecule has 0 spiro atoms. The maximum atomic E-state index is 13.0. The topological polar surface area (TPSA) is 220 Å². The summed E-state index contributed by atoms with van der Waals surface area (Å²) in [6, 6.07) is -4.33. The van der Waals surface area contributed by atoms with Gasteiger partial charge in [-0.3, -0.25) is 19.2 Å². The molecule has 4 amide bonds. The number of carbonyl (C=O) groups is 5. The first-order valence-electron chi connectivity index (χ1n) is 11.3. The van der Waals surface area contributed by atoms with Crippen molar-refractivity contribution in [2.45, 2.75) is 76.5 Å². The lowest BCUT2D eigenvalue weighted by atomic mass is 10.0. The minimum atomic E-state index is -1.21. The van der Waals surface area contributed by atoms with Crippen molar-refractivity contribution in [3.8, 4) is 0 Å². The van der Waals surface area contributed by atoms with Crippen LogP contribution < -0.4 is 33.2 Å². The van der Waals surface area contributed by atoms with Gasteiger partial charge < -0.3 is 38.3 Å². The van der Waals surface area contributed by atoms with Crippen molar-refractivity contribution in [2.75, 3.05) is 18.6 Å². The summed E-state index contributed by atoms with van der Waals surface area (Å²) in [6.45, 7) is 4.10. The Balaban J connectivity index is 5.48. The Kier molecular flexibility index (Phi) is 15.9. The lowest BCUT2D eigenvalue weighted by molar-refractivity contribution is -0.142. The summed E-state index contributed by atoms with van der Waals surface area (Å²) >= 11 is 1.45. The monoisotopic (exact) mass is 504 g/mol. The van der Waals surface area contributed by atoms with Crippen LogP contribution >= 0.6 is 11.8 Å². The van der Waals surface area contributed by atoms with E-state index in [0.29, 0.717) is 25.1 Å². The van der Waals surface area contributed by atoms with Crippen molar-refractivity contribution in [3.63, 3.8) is 0 Å². The number of thioether (sulfide) groups is 1. The van der Waals surface area contributed by atoms with Crippen molar-refractivity contribution in [2.24, 2.45) is 23.1 Å². The number of amides is 4. The zero-order valence-corrected chi connectivity index (χ0v) is 21.0. The molecular weight excluding hydrogens is 464 g/mol. The SMILES string of the molecule is CSCC[C@H](NC(=O)[C@H](CCCCN)NC(=O)[C@H](CC(C)C)NC(=O)[C@@H](N)CC(N)=O)C(=O)O. The Morgan fingerprint density at radius 2 is 1.44 bits per heavy atom. The van der Waals surface area contributed by atoms with Crippen LogP contribution in [-0.2, 0) is 24.0 Å². The summed E-state index contributed by atoms with van der Waals surface area (Å²) in [5.41, 5.74) is 16.3. The molecular formula is C21H40N6O6S. The molecule has 0 aliphatic carbocycles. The van der Waals surface area contributed by atoms with Gasteiger partial charge in [-0.15, -0.1) is 0 Å². The van der Waals surface area contributed by atoms with E-state index in [1.165, 1.54) is 11.8 Å². The van der Waals surface area contributed by atoms with Gasteiger partial charge in [-0.25, -0.2) is 4.79 Å². The van der Waals surface area contributed by atoms with Crippen LogP contribution in [0.1, 0.15) is 52.4 Å². The van der Waals surface area contributed by atoms with E-state index in [1.807, 2.05) is 20.1 Å². The van der Waals surface area contributed by atoms with Crippen molar-refractivity contribution >= 4 is 41.4 Å². The van der Waals surface area contributed by atoms with E-state index in [2.05, 4.69) is 16.0 Å². The maximum absolute atomic E-state index is 13.0. The van der Waals surface area contributed by atoms with Gasteiger partial charge >= 0.3 is 5.97 Å². The molecule has 196 valence electrons. The predicted octanol–water partition coefficient (Wildman–Crippen LogP) is -1.34. The quantitative estimate of drug-likeness (QED) is 0.110. The Bertz CT molecular complexity index is 693. The zero-order valence-electron chi connectivity index (χ0n) is 20.2. The van der Waals surface area contributed by atoms with Gasteiger partial charge in [-0.2, -0.15) is 11.8 Å². The van der Waals surface area contributed by atoms with E-state index in [1.54, 1.807) is 0 Å². The number of aliphatic carboxylic acids is 1. The zero-order chi connectivity index (χ0) is 26.3. The van der Waals surface area contributed by atoms with Crippen LogP contribution in [0.15, 0.2) is 0 Å². The largest absolute Gasteiger partial charge is 0.480 e. The molecule has 0 aliphatic rings. The molecule has 0 aromatic heterocycles. The first-order valence-corrected chi connectivity index (χ1v) is 12.7. The Hall–Kier alpha value is -2.38. The van der Waals surface area contributed by atoms with Gasteiger partial charge in [0.15, 0.2) is 0 Å². The fraction of sp³-hybridized carbons (Fsp3) is 0.762. The Morgan fingerprint density at radius 1 is 0.882 bits per heavy atom. The molecule has 34 heavy (non-hydrogen) atoms. The molecule has 10 N–H and O–H groups in total. The molecule has 0 saturated heterocycles. The summed E-state index contributed by atoms with van der Waals surface area (Å²) in [6.07, 6.45) is 3.32. The molecule has 0 aliphatic heterocycles. The standard InChI is InChI=1S/C21H40N6O6S/c1-12(2)10-16(27-18(29)13(23)11-17(24)28)20(31)25-14(6-4-5-8-22)19(30)26-15(21(32)33)7-9-34-3/h12-16H,4-11,22-23H2,1-3H3,(H2,24,28)(H,25,31)(H,26,30)(H,27,29)(H,32,33)/t13-,14-,15-,16-/m0/s1. The number of primary amides is 1. The first-order chi connectivity index (χ1) is 15.9. The molecule has 0 heterocycles. The van der Waals surface area contributed by atoms with Crippen LogP contribution in [0.2, 0.25) is 0 Å². The summed E-state index contributed by atoms with van der Waals surface area (Å²) in [5.74, 6) is -3.32. The van der Waals surface area contributed by atoms with Crippen LogP contribution in [0, 0.1) is 5.92 Å². The molecule has 13 heteroatoms. The van der Waals surface area contributed by atoms with Gasteiger partial charge in [0.25, 0.3) is 0 Å². The highest BCUT2D eigenvalue weighted by Crippen LogP contribution is 2.09. The second kappa shape index (κ2) is 17.1. The number of rotatable bonds is 18. The summed E-state index contributed by atoms with van der Waals surface area (Å²) < 4.78 is 0. The second-order valence-corrected chi connectivity index (χ2v) is 9.48. The van der Waals surface area contributed by atoms with E-state index < -0.39 is 53.8 Å². The molecule has 0 aromatic rings. The summed E-state index contributed by atoms with van der Waals surface area (Å²) in [5, 5.41) is 17.0. The highest BCUT2D eigenvalue weighted by molar-refractivity contribution is 7.98. The molecule has 4 atom stereocenters. The second-order valence-electron chi connectivity index (χ2n) is 8.49. The van der Waals surface area contributed by atoms with Crippen LogP contribution in [0.3, 0.4) is 0 Å². The highest BCUT2D eigenvalue weighted by atomic mass is 32.2. The maximum Gasteiger partial charge on any atom is 0.326 e. The predicted molar refractivity (Wildman–Crippen MR) is 131 cm³/mol. The third kappa shape index (κ3) is 13.4. The number of hydrogen-bond acceptors (Lipinski definition) is 8. The van der Waals surface area contributed by atoms with Crippen LogP contribution in [0.5, 0.6) is 0 Å². The molecule has 0 unspecified atom stereocenters. The minimum absolute atomic E-state index is 0.0101. The fourth-order valence-corrected chi connectivity index (χ4v) is 3.56. The molecule has 0 rings (SSSR count).